The summed E-state index contributed by atoms with van der Waals surface area (Å²) in [4.78, 5) is 0. The van der Waals surface area contributed by atoms with Crippen LogP contribution < -0.4 is 5.73 Å². The maximum absolute atomic E-state index is 6.53. The van der Waals surface area contributed by atoms with Crippen molar-refractivity contribution in [3.8, 4) is 22.3 Å². The Morgan fingerprint density at radius 1 is 0.857 bits per heavy atom. The average molecular weight is 292 g/mol. The SMILES string of the molecule is Nc1c2c(cc(Cl)c1-c1ccccc1)-c1ccccc1C2. The highest BCUT2D eigenvalue weighted by Gasteiger charge is 2.24. The Hall–Kier alpha value is -2.25. The van der Waals surface area contributed by atoms with E-state index in [1.54, 1.807) is 0 Å². The number of benzene rings is 3. The molecule has 2 N–H and O–H groups in total. The largest absolute Gasteiger partial charge is 0.398 e. The van der Waals surface area contributed by atoms with Crippen molar-refractivity contribution >= 4 is 17.3 Å². The molecule has 2 heteroatoms. The maximum atomic E-state index is 6.53. The summed E-state index contributed by atoms with van der Waals surface area (Å²) in [6, 6.07) is 20.6. The van der Waals surface area contributed by atoms with Crippen molar-refractivity contribution in [2.75, 3.05) is 5.73 Å². The minimum atomic E-state index is 0.717. The van der Waals surface area contributed by atoms with Crippen molar-refractivity contribution in [1.29, 1.82) is 0 Å². The summed E-state index contributed by atoms with van der Waals surface area (Å²) in [7, 11) is 0. The lowest BCUT2D eigenvalue weighted by Gasteiger charge is -2.13. The van der Waals surface area contributed by atoms with Gasteiger partial charge in [-0.2, -0.15) is 0 Å². The molecule has 3 aromatic rings. The first-order valence-corrected chi connectivity index (χ1v) is 7.38. The zero-order valence-electron chi connectivity index (χ0n) is 11.4. The Bertz CT molecular complexity index is 838. The summed E-state index contributed by atoms with van der Waals surface area (Å²) in [6.07, 6.45) is 0.883. The minimum Gasteiger partial charge on any atom is -0.398 e. The third-order valence-electron chi connectivity index (χ3n) is 4.17. The van der Waals surface area contributed by atoms with E-state index in [9.17, 15) is 0 Å². The molecule has 0 fully saturated rings. The van der Waals surface area contributed by atoms with E-state index in [-0.39, 0.29) is 0 Å². The molecule has 4 rings (SSSR count). The van der Waals surface area contributed by atoms with Crippen molar-refractivity contribution in [2.24, 2.45) is 0 Å². The Morgan fingerprint density at radius 2 is 1.57 bits per heavy atom. The fourth-order valence-electron chi connectivity index (χ4n) is 3.17. The number of halogens is 1. The lowest BCUT2D eigenvalue weighted by molar-refractivity contribution is 1.27. The average Bonchev–Trinajstić information content (AvgIpc) is 2.88. The molecule has 0 atom stereocenters. The normalized spacial score (nSPS) is 12.0. The van der Waals surface area contributed by atoms with E-state index in [2.05, 4.69) is 30.3 Å². The van der Waals surface area contributed by atoms with Gasteiger partial charge in [-0.05, 0) is 33.9 Å². The van der Waals surface area contributed by atoms with Crippen molar-refractivity contribution in [1.82, 2.24) is 0 Å². The monoisotopic (exact) mass is 291 g/mol. The third kappa shape index (κ3) is 1.85. The van der Waals surface area contributed by atoms with Crippen LogP contribution in [0, 0.1) is 0 Å². The van der Waals surface area contributed by atoms with Gasteiger partial charge in [-0.15, -0.1) is 0 Å². The van der Waals surface area contributed by atoms with Gasteiger partial charge in [0.1, 0.15) is 0 Å². The van der Waals surface area contributed by atoms with Crippen LogP contribution in [0.4, 0.5) is 5.69 Å². The van der Waals surface area contributed by atoms with Crippen LogP contribution in [-0.2, 0) is 6.42 Å². The maximum Gasteiger partial charge on any atom is 0.0511 e. The Morgan fingerprint density at radius 3 is 2.38 bits per heavy atom. The number of hydrogen-bond acceptors (Lipinski definition) is 1. The zero-order chi connectivity index (χ0) is 14.4. The Kier molecular flexibility index (Phi) is 2.76. The third-order valence-corrected chi connectivity index (χ3v) is 4.46. The second-order valence-electron chi connectivity index (χ2n) is 5.37. The van der Waals surface area contributed by atoms with E-state index in [1.165, 1.54) is 22.3 Å². The van der Waals surface area contributed by atoms with Gasteiger partial charge in [0.25, 0.3) is 0 Å². The molecule has 0 unspecified atom stereocenters. The lowest BCUT2D eigenvalue weighted by atomic mass is 9.96. The molecule has 0 aliphatic heterocycles. The van der Waals surface area contributed by atoms with Crippen molar-refractivity contribution in [2.45, 2.75) is 6.42 Å². The van der Waals surface area contributed by atoms with E-state index in [0.717, 1.165) is 23.2 Å². The molecule has 1 aliphatic carbocycles. The van der Waals surface area contributed by atoms with Gasteiger partial charge >= 0.3 is 0 Å². The number of nitrogens with two attached hydrogens (primary N) is 1. The highest BCUT2D eigenvalue weighted by molar-refractivity contribution is 6.34. The molecule has 0 saturated heterocycles. The van der Waals surface area contributed by atoms with Crippen molar-refractivity contribution in [3.05, 3.63) is 76.8 Å². The highest BCUT2D eigenvalue weighted by Crippen LogP contribution is 2.46. The van der Waals surface area contributed by atoms with Crippen LogP contribution in [0.1, 0.15) is 11.1 Å². The van der Waals surface area contributed by atoms with Gasteiger partial charge in [0.2, 0.25) is 0 Å². The van der Waals surface area contributed by atoms with Gasteiger partial charge in [0, 0.05) is 17.7 Å². The van der Waals surface area contributed by atoms with E-state index < -0.39 is 0 Å². The predicted molar refractivity (Wildman–Crippen MR) is 89.5 cm³/mol. The van der Waals surface area contributed by atoms with Gasteiger partial charge in [0.15, 0.2) is 0 Å². The summed E-state index contributed by atoms with van der Waals surface area (Å²) in [6.45, 7) is 0. The fourth-order valence-corrected chi connectivity index (χ4v) is 3.49. The van der Waals surface area contributed by atoms with Crippen LogP contribution in [0.5, 0.6) is 0 Å². The molecule has 21 heavy (non-hydrogen) atoms. The van der Waals surface area contributed by atoms with E-state index >= 15 is 0 Å². The molecule has 0 radical (unpaired) electrons. The standard InChI is InChI=1S/C19H14ClN/c20-17-11-15-14-9-5-4-8-13(14)10-16(15)19(21)18(17)12-6-2-1-3-7-12/h1-9,11H,10,21H2. The van der Waals surface area contributed by atoms with E-state index in [4.69, 9.17) is 17.3 Å². The van der Waals surface area contributed by atoms with Crippen molar-refractivity contribution < 1.29 is 0 Å². The molecule has 0 bridgehead atoms. The number of anilines is 1. The van der Waals surface area contributed by atoms with Crippen LogP contribution in [0.3, 0.4) is 0 Å². The first-order chi connectivity index (χ1) is 10.3. The second kappa shape index (κ2) is 4.64. The van der Waals surface area contributed by atoms with Crippen molar-refractivity contribution in [3.63, 3.8) is 0 Å². The van der Waals surface area contributed by atoms with Crippen LogP contribution in [-0.4, -0.2) is 0 Å². The van der Waals surface area contributed by atoms with Crippen LogP contribution in [0.15, 0.2) is 60.7 Å². The van der Waals surface area contributed by atoms with Gasteiger partial charge in [-0.1, -0.05) is 66.2 Å². The molecule has 3 aromatic carbocycles. The molecule has 0 saturated carbocycles. The summed E-state index contributed by atoms with van der Waals surface area (Å²) >= 11 is 6.53. The van der Waals surface area contributed by atoms with Crippen LogP contribution in [0.25, 0.3) is 22.3 Å². The minimum absolute atomic E-state index is 0.717. The van der Waals surface area contributed by atoms with E-state index in [0.29, 0.717) is 5.02 Å². The molecule has 1 nitrogen and oxygen atoms in total. The Balaban J connectivity index is 1.98. The molecule has 0 spiro atoms. The number of rotatable bonds is 1. The molecule has 0 amide bonds. The number of hydrogen-bond donors (Lipinski definition) is 1. The number of fused-ring (bicyclic) bond motifs is 3. The topological polar surface area (TPSA) is 26.0 Å². The molecule has 1 aliphatic rings. The predicted octanol–water partition coefficient (Wildman–Crippen LogP) is 5.16. The second-order valence-corrected chi connectivity index (χ2v) is 5.78. The summed E-state index contributed by atoms with van der Waals surface area (Å²) in [5, 5.41) is 0.717. The fraction of sp³-hybridized carbons (Fsp3) is 0.0526. The zero-order valence-corrected chi connectivity index (χ0v) is 12.2. The first kappa shape index (κ1) is 12.5. The van der Waals surface area contributed by atoms with Crippen LogP contribution >= 0.6 is 11.6 Å². The summed E-state index contributed by atoms with van der Waals surface area (Å²) in [5.74, 6) is 0. The quantitative estimate of drug-likeness (QED) is 0.482. The highest BCUT2D eigenvalue weighted by atomic mass is 35.5. The number of nitrogen functional groups attached to an aromatic ring is 1. The molecule has 0 aromatic heterocycles. The molecule has 102 valence electrons. The Labute approximate surface area is 129 Å². The molecule has 0 heterocycles. The summed E-state index contributed by atoms with van der Waals surface area (Å²) < 4.78 is 0. The van der Waals surface area contributed by atoms with Gasteiger partial charge in [0.05, 0.1) is 5.02 Å². The van der Waals surface area contributed by atoms with Crippen LogP contribution in [0.2, 0.25) is 5.02 Å². The smallest absolute Gasteiger partial charge is 0.0511 e. The van der Waals surface area contributed by atoms with E-state index in [1.807, 2.05) is 30.3 Å². The van der Waals surface area contributed by atoms with Gasteiger partial charge in [-0.3, -0.25) is 0 Å². The first-order valence-electron chi connectivity index (χ1n) is 7.00. The lowest BCUT2D eigenvalue weighted by Crippen LogP contribution is -1.97. The summed E-state index contributed by atoms with van der Waals surface area (Å²) in [5.41, 5.74) is 14.2. The van der Waals surface area contributed by atoms with Gasteiger partial charge < -0.3 is 5.73 Å². The van der Waals surface area contributed by atoms with Gasteiger partial charge in [-0.25, -0.2) is 0 Å². The molecular weight excluding hydrogens is 278 g/mol. The molecular formula is C19H14ClN.